The van der Waals surface area contributed by atoms with Gasteiger partial charge in [0.15, 0.2) is 0 Å². The molecule has 2 rings (SSSR count). The summed E-state index contributed by atoms with van der Waals surface area (Å²) < 4.78 is 1.74. The maximum atomic E-state index is 12.4. The van der Waals surface area contributed by atoms with E-state index in [1.165, 1.54) is 11.1 Å². The quantitative estimate of drug-likeness (QED) is 0.892. The molecule has 1 aromatic heterocycles. The summed E-state index contributed by atoms with van der Waals surface area (Å²) in [5.41, 5.74) is 4.51. The van der Waals surface area contributed by atoms with Crippen molar-refractivity contribution in [1.82, 2.24) is 14.7 Å². The van der Waals surface area contributed by atoms with Crippen LogP contribution in [0.1, 0.15) is 36.5 Å². The molecule has 1 N–H and O–H groups in total. The number of anilines is 1. The minimum atomic E-state index is 0.0619. The number of nitrogens with zero attached hydrogens (tertiary/aromatic N) is 3. The molecular weight excluding hydrogens is 288 g/mol. The molecule has 0 aliphatic carbocycles. The largest absolute Gasteiger partial charge is 0.376 e. The van der Waals surface area contributed by atoms with Crippen molar-refractivity contribution >= 4 is 11.6 Å². The first kappa shape index (κ1) is 17.1. The third kappa shape index (κ3) is 4.34. The van der Waals surface area contributed by atoms with Gasteiger partial charge in [0.1, 0.15) is 0 Å². The summed E-state index contributed by atoms with van der Waals surface area (Å²) in [5.74, 6) is 0.479. The van der Waals surface area contributed by atoms with Gasteiger partial charge in [0.25, 0.3) is 0 Å². The molecule has 5 heteroatoms. The molecule has 23 heavy (non-hydrogen) atoms. The van der Waals surface area contributed by atoms with Crippen molar-refractivity contribution in [3.8, 4) is 0 Å². The zero-order chi connectivity index (χ0) is 17.0. The highest BCUT2D eigenvalue weighted by atomic mass is 16.2. The molecule has 0 aliphatic heterocycles. The Morgan fingerprint density at radius 2 is 2.13 bits per heavy atom. The summed E-state index contributed by atoms with van der Waals surface area (Å²) in [4.78, 5) is 14.1. The fraction of sp³-hybridized carbons (Fsp3) is 0.444. The van der Waals surface area contributed by atoms with Crippen molar-refractivity contribution < 1.29 is 4.79 Å². The molecule has 0 unspecified atom stereocenters. The fourth-order valence-electron chi connectivity index (χ4n) is 2.63. The Hall–Kier alpha value is -2.30. The number of aryl methyl sites for hydroxylation is 2. The summed E-state index contributed by atoms with van der Waals surface area (Å²) >= 11 is 0. The minimum absolute atomic E-state index is 0.0619. The van der Waals surface area contributed by atoms with Gasteiger partial charge < -0.3 is 10.2 Å². The maximum Gasteiger partial charge on any atom is 0.241 e. The van der Waals surface area contributed by atoms with Gasteiger partial charge >= 0.3 is 0 Å². The SMILES string of the molecule is Cc1cccc(C(C)C)c1NCC(=O)N(C)Cc1cnn(C)c1. The first-order valence-electron chi connectivity index (χ1n) is 7.93. The number of hydrogen-bond acceptors (Lipinski definition) is 3. The molecule has 1 heterocycles. The van der Waals surface area contributed by atoms with Crippen LogP contribution in [0.4, 0.5) is 5.69 Å². The second-order valence-corrected chi connectivity index (χ2v) is 6.32. The zero-order valence-electron chi connectivity index (χ0n) is 14.6. The molecule has 0 radical (unpaired) electrons. The maximum absolute atomic E-state index is 12.4. The Balaban J connectivity index is 1.99. The van der Waals surface area contributed by atoms with Gasteiger partial charge in [0.2, 0.25) is 5.91 Å². The number of benzene rings is 1. The molecule has 0 fully saturated rings. The number of para-hydroxylation sites is 1. The van der Waals surface area contributed by atoms with Crippen molar-refractivity contribution in [2.45, 2.75) is 33.2 Å². The molecule has 0 bridgehead atoms. The van der Waals surface area contributed by atoms with Crippen LogP contribution in [-0.4, -0.2) is 34.2 Å². The van der Waals surface area contributed by atoms with Crippen molar-refractivity contribution in [2.75, 3.05) is 18.9 Å². The van der Waals surface area contributed by atoms with Crippen molar-refractivity contribution in [3.63, 3.8) is 0 Å². The molecule has 5 nitrogen and oxygen atoms in total. The monoisotopic (exact) mass is 314 g/mol. The Morgan fingerprint density at radius 3 is 2.74 bits per heavy atom. The van der Waals surface area contributed by atoms with Gasteiger partial charge in [0.05, 0.1) is 12.7 Å². The van der Waals surface area contributed by atoms with E-state index in [4.69, 9.17) is 0 Å². The average molecular weight is 314 g/mol. The minimum Gasteiger partial charge on any atom is -0.376 e. The van der Waals surface area contributed by atoms with E-state index in [2.05, 4.69) is 49.4 Å². The number of carbonyl (C=O) groups is 1. The molecule has 0 atom stereocenters. The van der Waals surface area contributed by atoms with Gasteiger partial charge in [-0.25, -0.2) is 0 Å². The number of hydrogen-bond donors (Lipinski definition) is 1. The third-order valence-electron chi connectivity index (χ3n) is 3.95. The summed E-state index contributed by atoms with van der Waals surface area (Å²) in [6, 6.07) is 6.24. The molecule has 0 spiro atoms. The van der Waals surface area contributed by atoms with Crippen LogP contribution in [0.5, 0.6) is 0 Å². The van der Waals surface area contributed by atoms with Gasteiger partial charge in [-0.15, -0.1) is 0 Å². The van der Waals surface area contributed by atoms with E-state index >= 15 is 0 Å². The number of amides is 1. The lowest BCUT2D eigenvalue weighted by Crippen LogP contribution is -2.32. The highest BCUT2D eigenvalue weighted by Crippen LogP contribution is 2.27. The Labute approximate surface area is 138 Å². The molecule has 124 valence electrons. The summed E-state index contributed by atoms with van der Waals surface area (Å²) in [6.07, 6.45) is 3.71. The van der Waals surface area contributed by atoms with Gasteiger partial charge in [-0.05, 0) is 24.0 Å². The third-order valence-corrected chi connectivity index (χ3v) is 3.95. The predicted molar refractivity (Wildman–Crippen MR) is 93.4 cm³/mol. The summed E-state index contributed by atoms with van der Waals surface area (Å²) in [6.45, 7) is 7.26. The lowest BCUT2D eigenvalue weighted by molar-refractivity contribution is -0.128. The molecule has 1 amide bonds. The van der Waals surface area contributed by atoms with Crippen molar-refractivity contribution in [3.05, 3.63) is 47.3 Å². The predicted octanol–water partition coefficient (Wildman–Crippen LogP) is 2.92. The molecule has 0 aliphatic rings. The second-order valence-electron chi connectivity index (χ2n) is 6.32. The van der Waals surface area contributed by atoms with Crippen molar-refractivity contribution in [2.24, 2.45) is 7.05 Å². The topological polar surface area (TPSA) is 50.2 Å². The van der Waals surface area contributed by atoms with Gasteiger partial charge in [0, 0.05) is 38.1 Å². The van der Waals surface area contributed by atoms with Gasteiger partial charge in [-0.2, -0.15) is 5.10 Å². The van der Waals surface area contributed by atoms with E-state index in [1.54, 1.807) is 15.8 Å². The van der Waals surface area contributed by atoms with Gasteiger partial charge in [-0.3, -0.25) is 9.48 Å². The highest BCUT2D eigenvalue weighted by Gasteiger charge is 2.13. The lowest BCUT2D eigenvalue weighted by atomic mass is 9.98. The average Bonchev–Trinajstić information content (AvgIpc) is 2.90. The normalized spacial score (nSPS) is 10.9. The number of nitrogens with one attached hydrogen (secondary N) is 1. The van der Waals surface area contributed by atoms with E-state index in [9.17, 15) is 4.79 Å². The second kappa shape index (κ2) is 7.31. The number of carbonyl (C=O) groups excluding carboxylic acids is 1. The highest BCUT2D eigenvalue weighted by molar-refractivity contribution is 5.81. The Kier molecular flexibility index (Phi) is 5.42. The molecule has 1 aromatic carbocycles. The number of aromatic nitrogens is 2. The zero-order valence-corrected chi connectivity index (χ0v) is 14.6. The van der Waals surface area contributed by atoms with Crippen LogP contribution < -0.4 is 5.32 Å². The van der Waals surface area contributed by atoms with Gasteiger partial charge in [-0.1, -0.05) is 32.0 Å². The molecule has 0 saturated heterocycles. The molecular formula is C18H26N4O. The van der Waals surface area contributed by atoms with Crippen LogP contribution in [0, 0.1) is 6.92 Å². The fourth-order valence-corrected chi connectivity index (χ4v) is 2.63. The van der Waals surface area contributed by atoms with E-state index in [0.717, 1.165) is 11.3 Å². The van der Waals surface area contributed by atoms with Crippen LogP contribution in [-0.2, 0) is 18.4 Å². The van der Waals surface area contributed by atoms with Crippen LogP contribution in [0.2, 0.25) is 0 Å². The molecule has 2 aromatic rings. The first-order valence-corrected chi connectivity index (χ1v) is 7.93. The van der Waals surface area contributed by atoms with Crippen molar-refractivity contribution in [1.29, 1.82) is 0 Å². The van der Waals surface area contributed by atoms with E-state index in [1.807, 2.05) is 20.3 Å². The van der Waals surface area contributed by atoms with Crippen LogP contribution >= 0.6 is 0 Å². The summed E-state index contributed by atoms with van der Waals surface area (Å²) in [5, 5.41) is 7.45. The smallest absolute Gasteiger partial charge is 0.241 e. The number of likely N-dealkylation sites (N-methyl/N-ethyl adjacent to an activating group) is 1. The number of rotatable bonds is 6. The standard InChI is InChI=1S/C18H26N4O/c1-13(2)16-8-6-7-14(3)18(16)19-10-17(23)21(4)11-15-9-20-22(5)12-15/h6-9,12-13,19H,10-11H2,1-5H3. The Morgan fingerprint density at radius 1 is 1.39 bits per heavy atom. The lowest BCUT2D eigenvalue weighted by Gasteiger charge is -2.20. The Bertz CT molecular complexity index is 675. The van der Waals surface area contributed by atoms with E-state index in [-0.39, 0.29) is 5.91 Å². The summed E-state index contributed by atoms with van der Waals surface area (Å²) in [7, 11) is 3.69. The van der Waals surface area contributed by atoms with Crippen LogP contribution in [0.3, 0.4) is 0 Å². The first-order chi connectivity index (χ1) is 10.9. The van der Waals surface area contributed by atoms with Crippen LogP contribution in [0.25, 0.3) is 0 Å². The van der Waals surface area contributed by atoms with E-state index in [0.29, 0.717) is 19.0 Å². The molecule has 0 saturated carbocycles. The van der Waals surface area contributed by atoms with Crippen LogP contribution in [0.15, 0.2) is 30.6 Å². The van der Waals surface area contributed by atoms with E-state index < -0.39 is 0 Å².